The molecule has 0 amide bonds. The van der Waals surface area contributed by atoms with Crippen LogP contribution in [0.5, 0.6) is 5.75 Å². The summed E-state index contributed by atoms with van der Waals surface area (Å²) in [6.45, 7) is 2.05. The first kappa shape index (κ1) is 14.3. The highest BCUT2D eigenvalue weighted by Gasteiger charge is 2.21. The summed E-state index contributed by atoms with van der Waals surface area (Å²) in [6.07, 6.45) is 4.74. The van der Waals surface area contributed by atoms with E-state index in [-0.39, 0.29) is 11.9 Å². The number of H-pyrrole nitrogens is 1. The van der Waals surface area contributed by atoms with E-state index in [1.807, 2.05) is 36.7 Å². The number of nitrogen functional groups attached to an aromatic ring is 1. The molecule has 0 spiro atoms. The number of anilines is 1. The zero-order valence-electron chi connectivity index (χ0n) is 13.2. The van der Waals surface area contributed by atoms with Gasteiger partial charge < -0.3 is 15.5 Å². The molecule has 3 heterocycles. The van der Waals surface area contributed by atoms with Gasteiger partial charge in [-0.05, 0) is 42.3 Å². The summed E-state index contributed by atoms with van der Waals surface area (Å²) in [5, 5.41) is 9.52. The SMILES string of the molecule is C[C@@H]1Cc2cc(-c3cc(-c4cc[nH]c4)nc(N)c3C#N)ccc2O1. The van der Waals surface area contributed by atoms with Crippen molar-refractivity contribution in [2.24, 2.45) is 0 Å². The van der Waals surface area contributed by atoms with Crippen LogP contribution in [0.3, 0.4) is 0 Å². The molecule has 1 aliphatic rings. The van der Waals surface area contributed by atoms with Gasteiger partial charge >= 0.3 is 0 Å². The number of nitrogens with zero attached hydrogens (tertiary/aromatic N) is 2. The van der Waals surface area contributed by atoms with Gasteiger partial charge in [-0.15, -0.1) is 0 Å². The third-order valence-corrected chi connectivity index (χ3v) is 4.26. The van der Waals surface area contributed by atoms with Crippen LogP contribution in [0.25, 0.3) is 22.4 Å². The van der Waals surface area contributed by atoms with Crippen LogP contribution in [0.4, 0.5) is 5.82 Å². The van der Waals surface area contributed by atoms with Crippen molar-refractivity contribution in [3.63, 3.8) is 0 Å². The lowest BCUT2D eigenvalue weighted by Crippen LogP contribution is -2.05. The molecule has 118 valence electrons. The second-order valence-corrected chi connectivity index (χ2v) is 5.98. The highest BCUT2D eigenvalue weighted by atomic mass is 16.5. The van der Waals surface area contributed by atoms with Gasteiger partial charge in [0, 0.05) is 29.9 Å². The van der Waals surface area contributed by atoms with E-state index in [0.717, 1.165) is 40.1 Å². The van der Waals surface area contributed by atoms with E-state index in [1.54, 1.807) is 0 Å². The molecule has 2 aromatic heterocycles. The molecule has 0 saturated heterocycles. The Hall–Kier alpha value is -3.26. The number of hydrogen-bond acceptors (Lipinski definition) is 4. The number of ether oxygens (including phenoxy) is 1. The second-order valence-electron chi connectivity index (χ2n) is 5.98. The minimum Gasteiger partial charge on any atom is -0.490 e. The maximum atomic E-state index is 9.52. The lowest BCUT2D eigenvalue weighted by atomic mass is 9.96. The number of aromatic amines is 1. The van der Waals surface area contributed by atoms with Gasteiger partial charge in [0.15, 0.2) is 0 Å². The fourth-order valence-electron chi connectivity index (χ4n) is 3.13. The van der Waals surface area contributed by atoms with E-state index in [9.17, 15) is 5.26 Å². The number of benzene rings is 1. The molecule has 0 fully saturated rings. The molecule has 5 heteroatoms. The Balaban J connectivity index is 1.88. The Bertz CT molecular complexity index is 954. The van der Waals surface area contributed by atoms with E-state index in [4.69, 9.17) is 10.5 Å². The third-order valence-electron chi connectivity index (χ3n) is 4.26. The van der Waals surface area contributed by atoms with Gasteiger partial charge in [-0.3, -0.25) is 0 Å². The number of aromatic nitrogens is 2. The van der Waals surface area contributed by atoms with Gasteiger partial charge in [0.25, 0.3) is 0 Å². The second kappa shape index (κ2) is 5.43. The highest BCUT2D eigenvalue weighted by Crippen LogP contribution is 2.36. The van der Waals surface area contributed by atoms with E-state index in [1.165, 1.54) is 0 Å². The molecule has 1 aliphatic heterocycles. The van der Waals surface area contributed by atoms with Gasteiger partial charge in [-0.25, -0.2) is 4.98 Å². The zero-order chi connectivity index (χ0) is 16.7. The van der Waals surface area contributed by atoms with E-state index in [0.29, 0.717) is 5.56 Å². The highest BCUT2D eigenvalue weighted by molar-refractivity contribution is 5.80. The fourth-order valence-corrected chi connectivity index (χ4v) is 3.13. The summed E-state index contributed by atoms with van der Waals surface area (Å²) >= 11 is 0. The first-order valence-electron chi connectivity index (χ1n) is 7.79. The van der Waals surface area contributed by atoms with E-state index < -0.39 is 0 Å². The minimum absolute atomic E-state index is 0.184. The van der Waals surface area contributed by atoms with Crippen LogP contribution in [0, 0.1) is 11.3 Å². The van der Waals surface area contributed by atoms with Crippen molar-refractivity contribution >= 4 is 5.82 Å². The minimum atomic E-state index is 0.184. The number of fused-ring (bicyclic) bond motifs is 1. The number of nitriles is 1. The Kier molecular flexibility index (Phi) is 3.24. The van der Waals surface area contributed by atoms with Crippen molar-refractivity contribution in [2.75, 3.05) is 5.73 Å². The molecule has 0 radical (unpaired) electrons. The molecule has 1 aromatic carbocycles. The molecule has 0 aliphatic carbocycles. The maximum Gasteiger partial charge on any atom is 0.142 e. The molecule has 0 unspecified atom stereocenters. The third kappa shape index (κ3) is 2.29. The van der Waals surface area contributed by atoms with Crippen molar-refractivity contribution < 1.29 is 4.74 Å². The molecule has 0 bridgehead atoms. The van der Waals surface area contributed by atoms with Crippen LogP contribution in [0.1, 0.15) is 18.1 Å². The maximum absolute atomic E-state index is 9.52. The quantitative estimate of drug-likeness (QED) is 0.757. The Labute approximate surface area is 139 Å². The average molecular weight is 316 g/mol. The molecular formula is C19H16N4O. The van der Waals surface area contributed by atoms with Crippen LogP contribution >= 0.6 is 0 Å². The molecule has 4 rings (SSSR count). The monoisotopic (exact) mass is 316 g/mol. The zero-order valence-corrected chi connectivity index (χ0v) is 13.2. The van der Waals surface area contributed by atoms with E-state index in [2.05, 4.69) is 29.0 Å². The number of nitrogens with two attached hydrogens (primary N) is 1. The number of rotatable bonds is 2. The lowest BCUT2D eigenvalue weighted by Gasteiger charge is -2.10. The first-order valence-corrected chi connectivity index (χ1v) is 7.79. The lowest BCUT2D eigenvalue weighted by molar-refractivity contribution is 0.254. The van der Waals surface area contributed by atoms with Gasteiger partial charge in [0.2, 0.25) is 0 Å². The predicted molar refractivity (Wildman–Crippen MR) is 92.4 cm³/mol. The average Bonchev–Trinajstić information content (AvgIpc) is 3.21. The normalized spacial score (nSPS) is 15.6. The number of pyridine rings is 1. The molecule has 3 aromatic rings. The smallest absolute Gasteiger partial charge is 0.142 e. The van der Waals surface area contributed by atoms with Crippen molar-refractivity contribution in [3.05, 3.63) is 53.9 Å². The molecular weight excluding hydrogens is 300 g/mol. The van der Waals surface area contributed by atoms with Crippen LogP contribution in [0.15, 0.2) is 42.7 Å². The van der Waals surface area contributed by atoms with Gasteiger partial charge in [0.05, 0.1) is 5.69 Å². The predicted octanol–water partition coefficient (Wildman–Crippen LogP) is 3.52. The van der Waals surface area contributed by atoms with Crippen LogP contribution in [-0.4, -0.2) is 16.1 Å². The summed E-state index contributed by atoms with van der Waals surface area (Å²) in [5.41, 5.74) is 11.0. The number of nitrogens with one attached hydrogen (secondary N) is 1. The molecule has 1 atom stereocenters. The van der Waals surface area contributed by atoms with Crippen molar-refractivity contribution in [1.29, 1.82) is 5.26 Å². The van der Waals surface area contributed by atoms with E-state index >= 15 is 0 Å². The van der Waals surface area contributed by atoms with Crippen molar-refractivity contribution in [2.45, 2.75) is 19.4 Å². The van der Waals surface area contributed by atoms with Crippen LogP contribution in [0.2, 0.25) is 0 Å². The summed E-state index contributed by atoms with van der Waals surface area (Å²) < 4.78 is 5.75. The van der Waals surface area contributed by atoms with Crippen LogP contribution in [-0.2, 0) is 6.42 Å². The van der Waals surface area contributed by atoms with Crippen molar-refractivity contribution in [1.82, 2.24) is 9.97 Å². The Morgan fingerprint density at radius 2 is 2.17 bits per heavy atom. The molecule has 0 saturated carbocycles. The Morgan fingerprint density at radius 3 is 2.92 bits per heavy atom. The largest absolute Gasteiger partial charge is 0.490 e. The molecule has 5 nitrogen and oxygen atoms in total. The van der Waals surface area contributed by atoms with Gasteiger partial charge in [-0.2, -0.15) is 5.26 Å². The molecule has 24 heavy (non-hydrogen) atoms. The summed E-state index contributed by atoms with van der Waals surface area (Å²) in [5.74, 6) is 1.16. The fraction of sp³-hybridized carbons (Fsp3) is 0.158. The number of hydrogen-bond donors (Lipinski definition) is 2. The van der Waals surface area contributed by atoms with Crippen molar-refractivity contribution in [3.8, 4) is 34.2 Å². The topological polar surface area (TPSA) is 87.7 Å². The standard InChI is InChI=1S/C19H16N4O/c1-11-6-14-7-12(2-3-18(14)24-11)15-8-17(13-4-5-22-10-13)23-19(21)16(15)9-20/h2-5,7-8,10-11,22H,6H2,1H3,(H2,21,23)/t11-/m1/s1. The summed E-state index contributed by atoms with van der Waals surface area (Å²) in [7, 11) is 0. The van der Waals surface area contributed by atoms with Gasteiger partial charge in [-0.1, -0.05) is 6.07 Å². The molecule has 3 N–H and O–H groups in total. The van der Waals surface area contributed by atoms with Crippen LogP contribution < -0.4 is 10.5 Å². The van der Waals surface area contributed by atoms with Gasteiger partial charge in [0.1, 0.15) is 29.3 Å². The Morgan fingerprint density at radius 1 is 1.29 bits per heavy atom. The summed E-state index contributed by atoms with van der Waals surface area (Å²) in [6, 6.07) is 12.0. The first-order chi connectivity index (χ1) is 11.7. The summed E-state index contributed by atoms with van der Waals surface area (Å²) in [4.78, 5) is 7.38.